The van der Waals surface area contributed by atoms with Crippen molar-refractivity contribution in [3.05, 3.63) is 0 Å². The second-order valence-electron chi connectivity index (χ2n) is 4.30. The Bertz CT molecular complexity index is 130. The van der Waals surface area contributed by atoms with Crippen molar-refractivity contribution in [3.63, 3.8) is 0 Å². The van der Waals surface area contributed by atoms with Crippen LogP contribution in [0, 0.1) is 5.92 Å². The van der Waals surface area contributed by atoms with Gasteiger partial charge in [-0.05, 0) is 19.3 Å². The third kappa shape index (κ3) is 2.46. The van der Waals surface area contributed by atoms with Gasteiger partial charge in [0.1, 0.15) is 0 Å². The average molecular weight is 156 g/mol. The van der Waals surface area contributed by atoms with Crippen molar-refractivity contribution >= 4 is 0 Å². The van der Waals surface area contributed by atoms with E-state index in [2.05, 4.69) is 0 Å². The zero-order valence-corrected chi connectivity index (χ0v) is 7.05. The topological polar surface area (TPSA) is 32.8 Å². The first-order valence-corrected chi connectivity index (χ1v) is 4.50. The van der Waals surface area contributed by atoms with Gasteiger partial charge in [-0.1, -0.05) is 12.8 Å². The van der Waals surface area contributed by atoms with Crippen LogP contribution in [0.15, 0.2) is 0 Å². The molecule has 2 rings (SSSR count). The van der Waals surface area contributed by atoms with Gasteiger partial charge in [0, 0.05) is 6.42 Å². The molecule has 2 heteroatoms. The van der Waals surface area contributed by atoms with Gasteiger partial charge in [0.05, 0.1) is 18.3 Å². The molecule has 0 spiro atoms. The molecule has 0 aromatic rings. The van der Waals surface area contributed by atoms with Crippen LogP contribution in [0.3, 0.4) is 0 Å². The Balaban J connectivity index is 1.75. The van der Waals surface area contributed by atoms with E-state index in [4.69, 9.17) is 4.74 Å². The van der Waals surface area contributed by atoms with Crippen molar-refractivity contribution in [3.8, 4) is 0 Å². The van der Waals surface area contributed by atoms with Crippen LogP contribution in [-0.4, -0.2) is 23.4 Å². The van der Waals surface area contributed by atoms with Crippen LogP contribution in [0.4, 0.5) is 0 Å². The van der Waals surface area contributed by atoms with Gasteiger partial charge >= 0.3 is 0 Å². The van der Waals surface area contributed by atoms with E-state index >= 15 is 0 Å². The highest BCUT2D eigenvalue weighted by atomic mass is 16.6. The molecular weight excluding hydrogens is 140 g/mol. The maximum absolute atomic E-state index is 9.86. The van der Waals surface area contributed by atoms with Crippen molar-refractivity contribution < 1.29 is 9.84 Å². The molecule has 2 aliphatic rings. The van der Waals surface area contributed by atoms with Gasteiger partial charge in [-0.3, -0.25) is 0 Å². The molecule has 64 valence electrons. The second kappa shape index (κ2) is 2.46. The molecule has 0 amide bonds. The molecular formula is C9H16O2. The number of rotatable bonds is 4. The molecule has 1 aliphatic carbocycles. The summed E-state index contributed by atoms with van der Waals surface area (Å²) in [7, 11) is 0. The SMILES string of the molecule is C[C@](O)(CC1CC1)C[C@H]1CO1. The first kappa shape index (κ1) is 7.56. The van der Waals surface area contributed by atoms with Gasteiger partial charge < -0.3 is 9.84 Å². The van der Waals surface area contributed by atoms with Gasteiger partial charge in [-0.15, -0.1) is 0 Å². The standard InChI is InChI=1S/C9H16O2/c1-9(10,4-7-2-3-7)5-8-6-11-8/h7-8,10H,2-6H2,1H3/t8-,9-/m0/s1. The summed E-state index contributed by atoms with van der Waals surface area (Å²) in [5.74, 6) is 0.809. The van der Waals surface area contributed by atoms with Crippen molar-refractivity contribution in [2.45, 2.75) is 44.3 Å². The predicted molar refractivity (Wildman–Crippen MR) is 42.3 cm³/mol. The highest BCUT2D eigenvalue weighted by Gasteiger charge is 2.37. The molecule has 1 N–H and O–H groups in total. The highest BCUT2D eigenvalue weighted by molar-refractivity contribution is 4.88. The van der Waals surface area contributed by atoms with E-state index in [1.54, 1.807) is 0 Å². The summed E-state index contributed by atoms with van der Waals surface area (Å²) in [5.41, 5.74) is -0.456. The van der Waals surface area contributed by atoms with Crippen LogP contribution in [0.2, 0.25) is 0 Å². The van der Waals surface area contributed by atoms with Crippen molar-refractivity contribution in [2.75, 3.05) is 6.61 Å². The Morgan fingerprint density at radius 2 is 2.09 bits per heavy atom. The molecule has 0 aromatic heterocycles. The van der Waals surface area contributed by atoms with Crippen LogP contribution < -0.4 is 0 Å². The third-order valence-corrected chi connectivity index (χ3v) is 2.50. The summed E-state index contributed by atoms with van der Waals surface area (Å²) in [5, 5.41) is 9.86. The Labute approximate surface area is 67.6 Å². The fourth-order valence-corrected chi connectivity index (χ4v) is 1.70. The van der Waals surface area contributed by atoms with E-state index < -0.39 is 5.60 Å². The second-order valence-corrected chi connectivity index (χ2v) is 4.30. The predicted octanol–water partition coefficient (Wildman–Crippen LogP) is 1.33. The molecule has 11 heavy (non-hydrogen) atoms. The van der Waals surface area contributed by atoms with E-state index in [1.165, 1.54) is 12.8 Å². The van der Waals surface area contributed by atoms with Crippen LogP contribution >= 0.6 is 0 Å². The third-order valence-electron chi connectivity index (χ3n) is 2.50. The zero-order valence-electron chi connectivity index (χ0n) is 7.05. The monoisotopic (exact) mass is 156 g/mol. The fraction of sp³-hybridized carbons (Fsp3) is 1.00. The summed E-state index contributed by atoms with van der Waals surface area (Å²) >= 11 is 0. The normalized spacial score (nSPS) is 34.9. The average Bonchev–Trinajstić information content (AvgIpc) is 2.60. The van der Waals surface area contributed by atoms with E-state index in [0.29, 0.717) is 6.10 Å². The molecule has 0 aromatic carbocycles. The quantitative estimate of drug-likeness (QED) is 0.623. The highest BCUT2D eigenvalue weighted by Crippen LogP contribution is 2.39. The molecule has 2 nitrogen and oxygen atoms in total. The van der Waals surface area contributed by atoms with Gasteiger partial charge in [0.25, 0.3) is 0 Å². The Hall–Kier alpha value is -0.0800. The van der Waals surface area contributed by atoms with E-state index in [9.17, 15) is 5.11 Å². The van der Waals surface area contributed by atoms with E-state index in [1.807, 2.05) is 6.92 Å². The zero-order chi connectivity index (χ0) is 7.90. The largest absolute Gasteiger partial charge is 0.390 e. The molecule has 1 saturated heterocycles. The minimum atomic E-state index is -0.456. The summed E-state index contributed by atoms with van der Waals surface area (Å²) in [6.45, 7) is 2.80. The van der Waals surface area contributed by atoms with Crippen molar-refractivity contribution in [1.82, 2.24) is 0 Å². The number of hydrogen-bond donors (Lipinski definition) is 1. The van der Waals surface area contributed by atoms with Crippen LogP contribution in [0.1, 0.15) is 32.6 Å². The number of epoxide rings is 1. The minimum Gasteiger partial charge on any atom is -0.390 e. The Morgan fingerprint density at radius 1 is 1.45 bits per heavy atom. The lowest BCUT2D eigenvalue weighted by Gasteiger charge is -2.21. The molecule has 2 atom stereocenters. The summed E-state index contributed by atoms with van der Waals surface area (Å²) in [6, 6.07) is 0. The van der Waals surface area contributed by atoms with Crippen LogP contribution in [0.5, 0.6) is 0 Å². The summed E-state index contributed by atoms with van der Waals surface area (Å²) < 4.78 is 5.09. The molecule has 0 unspecified atom stereocenters. The first-order chi connectivity index (χ1) is 5.16. The molecule has 0 bridgehead atoms. The minimum absolute atomic E-state index is 0.365. The van der Waals surface area contributed by atoms with E-state index in [0.717, 1.165) is 25.4 Å². The lowest BCUT2D eigenvalue weighted by molar-refractivity contribution is 0.0292. The lowest BCUT2D eigenvalue weighted by atomic mass is 9.94. The van der Waals surface area contributed by atoms with Gasteiger partial charge in [-0.2, -0.15) is 0 Å². The van der Waals surface area contributed by atoms with Crippen LogP contribution in [0.25, 0.3) is 0 Å². The maximum atomic E-state index is 9.86. The van der Waals surface area contributed by atoms with Crippen molar-refractivity contribution in [1.29, 1.82) is 0 Å². The van der Waals surface area contributed by atoms with Gasteiger partial charge in [0.2, 0.25) is 0 Å². The number of hydrogen-bond acceptors (Lipinski definition) is 2. The molecule has 1 heterocycles. The fourth-order valence-electron chi connectivity index (χ4n) is 1.70. The summed E-state index contributed by atoms with van der Waals surface area (Å²) in [4.78, 5) is 0. The smallest absolute Gasteiger partial charge is 0.0837 e. The first-order valence-electron chi connectivity index (χ1n) is 4.50. The molecule has 2 fully saturated rings. The molecule has 0 radical (unpaired) electrons. The van der Waals surface area contributed by atoms with Crippen LogP contribution in [-0.2, 0) is 4.74 Å². The summed E-state index contributed by atoms with van der Waals surface area (Å²) in [6.07, 6.45) is 4.82. The maximum Gasteiger partial charge on any atom is 0.0837 e. The number of ether oxygens (including phenoxy) is 1. The van der Waals surface area contributed by atoms with Crippen molar-refractivity contribution in [2.24, 2.45) is 5.92 Å². The molecule has 1 saturated carbocycles. The Morgan fingerprint density at radius 3 is 2.55 bits per heavy atom. The number of aliphatic hydroxyl groups is 1. The van der Waals surface area contributed by atoms with Gasteiger partial charge in [0.15, 0.2) is 0 Å². The van der Waals surface area contributed by atoms with E-state index in [-0.39, 0.29) is 0 Å². The lowest BCUT2D eigenvalue weighted by Crippen LogP contribution is -2.26. The Kier molecular flexibility index (Phi) is 1.69. The van der Waals surface area contributed by atoms with Gasteiger partial charge in [-0.25, -0.2) is 0 Å². The molecule has 1 aliphatic heterocycles.